The third-order valence-electron chi connectivity index (χ3n) is 1.52. The second-order valence-electron chi connectivity index (χ2n) is 2.61. The summed E-state index contributed by atoms with van der Waals surface area (Å²) in [6.45, 7) is 1.92. The van der Waals surface area contributed by atoms with Crippen LogP contribution in [0.3, 0.4) is 0 Å². The number of hydrogen-bond donors (Lipinski definition) is 0. The first kappa shape index (κ1) is 8.25. The maximum Gasteiger partial charge on any atom is 0.289 e. The average molecular weight is 195 g/mol. The molecule has 0 amide bonds. The molecule has 0 unspecified atom stereocenters. The summed E-state index contributed by atoms with van der Waals surface area (Å²) in [7, 11) is 0. The average Bonchev–Trinajstić information content (AvgIpc) is 2.52. The van der Waals surface area contributed by atoms with Gasteiger partial charge in [0.05, 0.1) is 0 Å². The Hall–Kier alpha value is -1.36. The Balaban J connectivity index is 2.46. The monoisotopic (exact) mass is 195 g/mol. The van der Waals surface area contributed by atoms with Gasteiger partial charge in [0.1, 0.15) is 0 Å². The first-order chi connectivity index (χ1) is 6.25. The molecule has 0 atom stereocenters. The Morgan fingerprint density at radius 2 is 2.15 bits per heavy atom. The summed E-state index contributed by atoms with van der Waals surface area (Å²) in [5.41, 5.74) is 1.83. The van der Waals surface area contributed by atoms with E-state index >= 15 is 0 Å². The van der Waals surface area contributed by atoms with Crippen molar-refractivity contribution in [2.24, 2.45) is 0 Å². The lowest BCUT2D eigenvalue weighted by Gasteiger charge is -1.94. The van der Waals surface area contributed by atoms with E-state index in [0.29, 0.717) is 5.01 Å². The van der Waals surface area contributed by atoms with E-state index in [1.54, 1.807) is 12.4 Å². The zero-order valence-electron chi connectivity index (χ0n) is 6.86. The minimum absolute atomic E-state index is 0.517. The van der Waals surface area contributed by atoms with Crippen molar-refractivity contribution in [3.8, 4) is 10.6 Å². The summed E-state index contributed by atoms with van der Waals surface area (Å²) < 4.78 is 12.5. The summed E-state index contributed by atoms with van der Waals surface area (Å²) in [5.74, 6) is 0. The molecule has 66 valence electrons. The fourth-order valence-electron chi connectivity index (χ4n) is 0.994. The molecule has 0 saturated heterocycles. The van der Waals surface area contributed by atoms with Crippen LogP contribution in [0.4, 0.5) is 4.39 Å². The highest BCUT2D eigenvalue weighted by atomic mass is 32.1. The van der Waals surface area contributed by atoms with Gasteiger partial charge >= 0.3 is 0 Å². The lowest BCUT2D eigenvalue weighted by molar-refractivity contribution is 0.601. The number of rotatable bonds is 1. The molecule has 0 aliphatic carbocycles. The van der Waals surface area contributed by atoms with Gasteiger partial charge in [-0.15, -0.1) is 10.2 Å². The maximum absolute atomic E-state index is 12.5. The topological polar surface area (TPSA) is 38.7 Å². The van der Waals surface area contributed by atoms with E-state index in [0.717, 1.165) is 22.5 Å². The molecule has 2 aromatic rings. The Bertz CT molecular complexity index is 427. The van der Waals surface area contributed by atoms with Crippen LogP contribution in [-0.2, 0) is 0 Å². The molecule has 0 saturated carbocycles. The van der Waals surface area contributed by atoms with E-state index in [2.05, 4.69) is 15.2 Å². The minimum Gasteiger partial charge on any atom is -0.264 e. The van der Waals surface area contributed by atoms with Gasteiger partial charge in [-0.05, 0) is 18.6 Å². The Labute approximate surface area is 78.3 Å². The summed E-state index contributed by atoms with van der Waals surface area (Å²) in [6.07, 6.45) is 3.38. The molecule has 0 aliphatic rings. The first-order valence-electron chi connectivity index (χ1n) is 3.67. The van der Waals surface area contributed by atoms with E-state index in [1.165, 1.54) is 0 Å². The van der Waals surface area contributed by atoms with Crippen molar-refractivity contribution in [3.05, 3.63) is 29.3 Å². The normalized spacial score (nSPS) is 10.3. The van der Waals surface area contributed by atoms with E-state index in [9.17, 15) is 4.39 Å². The third kappa shape index (κ3) is 1.70. The lowest BCUT2D eigenvalue weighted by Crippen LogP contribution is -1.81. The predicted octanol–water partition coefficient (Wildman–Crippen LogP) is 2.05. The predicted molar refractivity (Wildman–Crippen MR) is 47.8 cm³/mol. The zero-order chi connectivity index (χ0) is 9.26. The summed E-state index contributed by atoms with van der Waals surface area (Å²) in [5, 5.41) is 7.02. The second kappa shape index (κ2) is 3.18. The van der Waals surface area contributed by atoms with Crippen molar-refractivity contribution in [2.45, 2.75) is 6.92 Å². The molecule has 0 N–H and O–H groups in total. The SMILES string of the molecule is Cc1cncc(-c2nnc(F)s2)c1. The van der Waals surface area contributed by atoms with Crippen molar-refractivity contribution in [1.29, 1.82) is 0 Å². The Morgan fingerprint density at radius 3 is 2.77 bits per heavy atom. The van der Waals surface area contributed by atoms with Gasteiger partial charge in [0, 0.05) is 18.0 Å². The standard InChI is InChI=1S/C8H6FN3S/c1-5-2-6(4-10-3-5)7-11-12-8(9)13-7/h2-4H,1H3. The minimum atomic E-state index is -0.517. The lowest BCUT2D eigenvalue weighted by atomic mass is 10.2. The van der Waals surface area contributed by atoms with Crippen molar-refractivity contribution < 1.29 is 4.39 Å². The van der Waals surface area contributed by atoms with E-state index in [-0.39, 0.29) is 0 Å². The molecule has 0 radical (unpaired) electrons. The van der Waals surface area contributed by atoms with E-state index < -0.39 is 5.26 Å². The van der Waals surface area contributed by atoms with E-state index in [1.807, 2.05) is 13.0 Å². The summed E-state index contributed by atoms with van der Waals surface area (Å²) in [6, 6.07) is 1.90. The van der Waals surface area contributed by atoms with Crippen LogP contribution in [-0.4, -0.2) is 15.2 Å². The van der Waals surface area contributed by atoms with E-state index in [4.69, 9.17) is 0 Å². The zero-order valence-corrected chi connectivity index (χ0v) is 7.68. The van der Waals surface area contributed by atoms with Gasteiger partial charge in [-0.25, -0.2) is 0 Å². The largest absolute Gasteiger partial charge is 0.289 e. The number of halogens is 1. The van der Waals surface area contributed by atoms with Crippen molar-refractivity contribution in [2.75, 3.05) is 0 Å². The second-order valence-corrected chi connectivity index (χ2v) is 3.54. The summed E-state index contributed by atoms with van der Waals surface area (Å²) in [4.78, 5) is 3.99. The van der Waals surface area contributed by atoms with Crippen molar-refractivity contribution in [1.82, 2.24) is 15.2 Å². The molecule has 0 bridgehead atoms. The highest BCUT2D eigenvalue weighted by Gasteiger charge is 2.05. The molecular weight excluding hydrogens is 189 g/mol. The fraction of sp³-hybridized carbons (Fsp3) is 0.125. The first-order valence-corrected chi connectivity index (χ1v) is 4.48. The number of hydrogen-bond acceptors (Lipinski definition) is 4. The molecule has 0 aromatic carbocycles. The molecule has 0 spiro atoms. The maximum atomic E-state index is 12.5. The molecule has 13 heavy (non-hydrogen) atoms. The molecule has 0 aliphatic heterocycles. The van der Waals surface area contributed by atoms with Gasteiger partial charge in [0.2, 0.25) is 0 Å². The Kier molecular flexibility index (Phi) is 2.02. The van der Waals surface area contributed by atoms with Gasteiger partial charge in [0.15, 0.2) is 5.01 Å². The molecule has 2 heterocycles. The van der Waals surface area contributed by atoms with Gasteiger partial charge in [-0.2, -0.15) is 4.39 Å². The number of aromatic nitrogens is 3. The van der Waals surface area contributed by atoms with Crippen LogP contribution in [0, 0.1) is 12.2 Å². The number of aryl methyl sites for hydroxylation is 1. The number of pyridine rings is 1. The van der Waals surface area contributed by atoms with Crippen LogP contribution in [0.15, 0.2) is 18.5 Å². The quantitative estimate of drug-likeness (QED) is 0.699. The van der Waals surface area contributed by atoms with Crippen molar-refractivity contribution in [3.63, 3.8) is 0 Å². The van der Waals surface area contributed by atoms with Gasteiger partial charge in [-0.1, -0.05) is 11.3 Å². The molecular formula is C8H6FN3S. The molecule has 5 heteroatoms. The smallest absolute Gasteiger partial charge is 0.264 e. The van der Waals surface area contributed by atoms with Crippen LogP contribution >= 0.6 is 11.3 Å². The van der Waals surface area contributed by atoms with Crippen molar-refractivity contribution >= 4 is 11.3 Å². The van der Waals surface area contributed by atoms with Crippen LogP contribution in [0.25, 0.3) is 10.6 Å². The molecule has 3 nitrogen and oxygen atoms in total. The highest BCUT2D eigenvalue weighted by Crippen LogP contribution is 2.21. The highest BCUT2D eigenvalue weighted by molar-refractivity contribution is 7.13. The van der Waals surface area contributed by atoms with Crippen LogP contribution in [0.5, 0.6) is 0 Å². The Morgan fingerprint density at radius 1 is 1.31 bits per heavy atom. The van der Waals surface area contributed by atoms with Gasteiger partial charge in [-0.3, -0.25) is 4.98 Å². The van der Waals surface area contributed by atoms with Crippen LogP contribution in [0.1, 0.15) is 5.56 Å². The number of nitrogens with zero attached hydrogens (tertiary/aromatic N) is 3. The molecule has 0 fully saturated rings. The third-order valence-corrected chi connectivity index (χ3v) is 2.28. The molecule has 2 aromatic heterocycles. The van der Waals surface area contributed by atoms with Gasteiger partial charge in [0.25, 0.3) is 5.26 Å². The van der Waals surface area contributed by atoms with Gasteiger partial charge < -0.3 is 0 Å². The fourth-order valence-corrected chi connectivity index (χ4v) is 1.55. The molecule has 2 rings (SSSR count). The van der Waals surface area contributed by atoms with Crippen LogP contribution in [0.2, 0.25) is 0 Å². The summed E-state index contributed by atoms with van der Waals surface area (Å²) >= 11 is 0.921. The van der Waals surface area contributed by atoms with Crippen LogP contribution < -0.4 is 0 Å².